The summed E-state index contributed by atoms with van der Waals surface area (Å²) < 4.78 is 6.88. The highest BCUT2D eigenvalue weighted by Gasteiger charge is 2.20. The van der Waals surface area contributed by atoms with E-state index in [1.165, 1.54) is 23.3 Å². The zero-order chi connectivity index (χ0) is 13.9. The van der Waals surface area contributed by atoms with E-state index >= 15 is 0 Å². The van der Waals surface area contributed by atoms with Crippen LogP contribution in [0.15, 0.2) is 34.1 Å². The van der Waals surface area contributed by atoms with Crippen molar-refractivity contribution in [3.8, 4) is 5.75 Å². The van der Waals surface area contributed by atoms with Crippen LogP contribution in [0.1, 0.15) is 23.3 Å². The van der Waals surface area contributed by atoms with Gasteiger partial charge in [0, 0.05) is 17.5 Å². The van der Waals surface area contributed by atoms with Gasteiger partial charge in [0.05, 0.1) is 8.81 Å². The average Bonchev–Trinajstić information content (AvgIpc) is 3.17. The maximum absolute atomic E-state index is 6.27. The predicted octanol–water partition coefficient (Wildman–Crippen LogP) is 5.00. The zero-order valence-corrected chi connectivity index (χ0v) is 14.0. The molecule has 1 N–H and O–H groups in total. The van der Waals surface area contributed by atoms with Gasteiger partial charge in [0.25, 0.3) is 0 Å². The van der Waals surface area contributed by atoms with Gasteiger partial charge in [-0.2, -0.15) is 0 Å². The minimum Gasteiger partial charge on any atom is -0.487 e. The molecule has 0 bridgehead atoms. The SMILES string of the molecule is Clc1cc(CNC2CC2)ccc1OCc1ccc(Br)s1. The zero-order valence-electron chi connectivity index (χ0n) is 10.9. The van der Waals surface area contributed by atoms with Gasteiger partial charge in [0.1, 0.15) is 12.4 Å². The summed E-state index contributed by atoms with van der Waals surface area (Å²) >= 11 is 11.4. The molecule has 0 spiro atoms. The molecule has 1 aromatic heterocycles. The van der Waals surface area contributed by atoms with Crippen LogP contribution in [0.25, 0.3) is 0 Å². The molecule has 5 heteroatoms. The van der Waals surface area contributed by atoms with E-state index in [1.54, 1.807) is 11.3 Å². The van der Waals surface area contributed by atoms with E-state index < -0.39 is 0 Å². The lowest BCUT2D eigenvalue weighted by atomic mass is 10.2. The van der Waals surface area contributed by atoms with Crippen LogP contribution in [0.3, 0.4) is 0 Å². The van der Waals surface area contributed by atoms with Gasteiger partial charge in [0.15, 0.2) is 0 Å². The number of rotatable bonds is 6. The summed E-state index contributed by atoms with van der Waals surface area (Å²) in [6, 6.07) is 10.8. The number of ether oxygens (including phenoxy) is 1. The molecule has 20 heavy (non-hydrogen) atoms. The van der Waals surface area contributed by atoms with Gasteiger partial charge in [-0.15, -0.1) is 11.3 Å². The lowest BCUT2D eigenvalue weighted by Gasteiger charge is -2.09. The first-order valence-corrected chi connectivity index (χ1v) is 8.58. The fourth-order valence-corrected chi connectivity index (χ4v) is 3.55. The first kappa shape index (κ1) is 14.4. The van der Waals surface area contributed by atoms with E-state index in [-0.39, 0.29) is 0 Å². The van der Waals surface area contributed by atoms with Crippen molar-refractivity contribution < 1.29 is 4.74 Å². The third kappa shape index (κ3) is 3.98. The van der Waals surface area contributed by atoms with Gasteiger partial charge in [-0.3, -0.25) is 0 Å². The fraction of sp³-hybridized carbons (Fsp3) is 0.333. The van der Waals surface area contributed by atoms with Gasteiger partial charge in [-0.1, -0.05) is 17.7 Å². The van der Waals surface area contributed by atoms with E-state index in [2.05, 4.69) is 33.4 Å². The molecule has 0 atom stereocenters. The monoisotopic (exact) mass is 371 g/mol. The van der Waals surface area contributed by atoms with Crippen molar-refractivity contribution in [3.05, 3.63) is 49.6 Å². The molecule has 1 fully saturated rings. The normalized spacial score (nSPS) is 14.5. The summed E-state index contributed by atoms with van der Waals surface area (Å²) in [5, 5.41) is 4.15. The van der Waals surface area contributed by atoms with Crippen molar-refractivity contribution >= 4 is 38.9 Å². The molecule has 1 saturated carbocycles. The Balaban J connectivity index is 1.58. The molecule has 1 aliphatic rings. The largest absolute Gasteiger partial charge is 0.487 e. The second-order valence-corrected chi connectivity index (χ2v) is 7.87. The molecule has 0 amide bonds. The second-order valence-electron chi connectivity index (χ2n) is 4.91. The Morgan fingerprint density at radius 1 is 1.30 bits per heavy atom. The average molecular weight is 373 g/mol. The maximum Gasteiger partial charge on any atom is 0.138 e. The molecule has 0 unspecified atom stereocenters. The Morgan fingerprint density at radius 3 is 2.80 bits per heavy atom. The highest BCUT2D eigenvalue weighted by atomic mass is 79.9. The number of hydrogen-bond acceptors (Lipinski definition) is 3. The Bertz CT molecular complexity index is 597. The number of hydrogen-bond donors (Lipinski definition) is 1. The highest BCUT2D eigenvalue weighted by Crippen LogP contribution is 2.29. The lowest BCUT2D eigenvalue weighted by molar-refractivity contribution is 0.310. The molecule has 106 valence electrons. The number of benzene rings is 1. The minimum absolute atomic E-state index is 0.551. The first-order valence-electron chi connectivity index (χ1n) is 6.59. The van der Waals surface area contributed by atoms with Crippen LogP contribution in [0, 0.1) is 0 Å². The molecule has 0 radical (unpaired) electrons. The number of nitrogens with one attached hydrogen (secondary N) is 1. The molecule has 2 aromatic rings. The third-order valence-corrected chi connectivity index (χ3v) is 5.06. The van der Waals surface area contributed by atoms with Crippen molar-refractivity contribution in [2.24, 2.45) is 0 Å². The van der Waals surface area contributed by atoms with E-state index in [4.69, 9.17) is 16.3 Å². The molecule has 1 aromatic carbocycles. The van der Waals surface area contributed by atoms with E-state index in [0.717, 1.165) is 16.1 Å². The minimum atomic E-state index is 0.551. The van der Waals surface area contributed by atoms with Crippen molar-refractivity contribution in [1.82, 2.24) is 5.32 Å². The standard InChI is InChI=1S/C15H15BrClNOS/c16-15-6-4-12(20-15)9-19-14-5-1-10(7-13(14)17)8-18-11-2-3-11/h1,4-7,11,18H,2-3,8-9H2. The van der Waals surface area contributed by atoms with E-state index in [0.29, 0.717) is 17.7 Å². The molecule has 1 heterocycles. The Hall–Kier alpha value is -0.550. The van der Waals surface area contributed by atoms with Gasteiger partial charge in [-0.25, -0.2) is 0 Å². The van der Waals surface area contributed by atoms with Crippen molar-refractivity contribution in [2.45, 2.75) is 32.0 Å². The van der Waals surface area contributed by atoms with E-state index in [1.807, 2.05) is 18.2 Å². The summed E-state index contributed by atoms with van der Waals surface area (Å²) in [5.41, 5.74) is 1.20. The fourth-order valence-electron chi connectivity index (χ4n) is 1.90. The van der Waals surface area contributed by atoms with Gasteiger partial charge >= 0.3 is 0 Å². The van der Waals surface area contributed by atoms with Crippen LogP contribution >= 0.6 is 38.9 Å². The molecule has 3 rings (SSSR count). The third-order valence-electron chi connectivity index (χ3n) is 3.17. The molecule has 1 aliphatic carbocycles. The smallest absolute Gasteiger partial charge is 0.138 e. The number of thiophene rings is 1. The molecule has 2 nitrogen and oxygen atoms in total. The summed E-state index contributed by atoms with van der Waals surface area (Å²) in [6.07, 6.45) is 2.59. The van der Waals surface area contributed by atoms with Gasteiger partial charge in [0.2, 0.25) is 0 Å². The Kier molecular flexibility index (Phi) is 4.66. The number of halogens is 2. The van der Waals surface area contributed by atoms with Crippen LogP contribution in [0.5, 0.6) is 5.75 Å². The van der Waals surface area contributed by atoms with Crippen LogP contribution in [-0.4, -0.2) is 6.04 Å². The van der Waals surface area contributed by atoms with Crippen molar-refractivity contribution in [1.29, 1.82) is 0 Å². The second kappa shape index (κ2) is 6.48. The van der Waals surface area contributed by atoms with Crippen LogP contribution in [0.4, 0.5) is 0 Å². The Labute approximate surface area is 136 Å². The summed E-state index contributed by atoms with van der Waals surface area (Å²) in [7, 11) is 0. The molecular formula is C15H15BrClNOS. The maximum atomic E-state index is 6.27. The van der Waals surface area contributed by atoms with E-state index in [9.17, 15) is 0 Å². The van der Waals surface area contributed by atoms with Gasteiger partial charge in [-0.05, 0) is 58.6 Å². The topological polar surface area (TPSA) is 21.3 Å². The molecule has 0 saturated heterocycles. The highest BCUT2D eigenvalue weighted by molar-refractivity contribution is 9.11. The quantitative estimate of drug-likeness (QED) is 0.771. The Morgan fingerprint density at radius 2 is 2.15 bits per heavy atom. The van der Waals surface area contributed by atoms with Crippen molar-refractivity contribution in [3.63, 3.8) is 0 Å². The van der Waals surface area contributed by atoms with Crippen LogP contribution < -0.4 is 10.1 Å². The van der Waals surface area contributed by atoms with Crippen LogP contribution in [-0.2, 0) is 13.2 Å². The first-order chi connectivity index (χ1) is 9.70. The summed E-state index contributed by atoms with van der Waals surface area (Å²) in [6.45, 7) is 1.43. The molecular weight excluding hydrogens is 358 g/mol. The predicted molar refractivity (Wildman–Crippen MR) is 87.7 cm³/mol. The van der Waals surface area contributed by atoms with Crippen LogP contribution in [0.2, 0.25) is 5.02 Å². The lowest BCUT2D eigenvalue weighted by Crippen LogP contribution is -2.15. The summed E-state index contributed by atoms with van der Waals surface area (Å²) in [4.78, 5) is 1.17. The van der Waals surface area contributed by atoms with Gasteiger partial charge < -0.3 is 10.1 Å². The summed E-state index contributed by atoms with van der Waals surface area (Å²) in [5.74, 6) is 0.742. The van der Waals surface area contributed by atoms with Crippen molar-refractivity contribution in [2.75, 3.05) is 0 Å². The molecule has 0 aliphatic heterocycles.